The summed E-state index contributed by atoms with van der Waals surface area (Å²) in [5.74, 6) is -0.971. The molecule has 2 aromatic rings. The van der Waals surface area contributed by atoms with E-state index in [2.05, 4.69) is 5.32 Å². The fraction of sp³-hybridized carbons (Fsp3) is 0.364. The van der Waals surface area contributed by atoms with Gasteiger partial charge in [-0.2, -0.15) is 0 Å². The Hall–Kier alpha value is -2.89. The lowest BCUT2D eigenvalue weighted by Gasteiger charge is -2.32. The molecule has 0 saturated carbocycles. The van der Waals surface area contributed by atoms with Gasteiger partial charge in [0.2, 0.25) is 0 Å². The maximum Gasteiger partial charge on any atom is 0.256 e. The predicted octanol–water partition coefficient (Wildman–Crippen LogP) is 3.69. The number of amides is 2. The third-order valence-electron chi connectivity index (χ3n) is 5.15. The molecule has 0 unspecified atom stereocenters. The third kappa shape index (κ3) is 4.32. The topological polar surface area (TPSA) is 69.6 Å². The molecule has 0 aromatic heterocycles. The van der Waals surface area contributed by atoms with Crippen molar-refractivity contribution in [2.45, 2.75) is 38.6 Å². The number of likely N-dealkylation sites (tertiary alicyclic amines) is 1. The van der Waals surface area contributed by atoms with E-state index in [-0.39, 0.29) is 40.7 Å². The van der Waals surface area contributed by atoms with E-state index in [1.165, 1.54) is 12.1 Å². The van der Waals surface area contributed by atoms with Crippen LogP contribution in [0.4, 0.5) is 4.39 Å². The highest BCUT2D eigenvalue weighted by atomic mass is 19.1. The maximum atomic E-state index is 13.8. The smallest absolute Gasteiger partial charge is 0.256 e. The average Bonchev–Trinajstić information content (AvgIpc) is 2.68. The minimum Gasteiger partial charge on any atom is -0.507 e. The van der Waals surface area contributed by atoms with Gasteiger partial charge in [-0.25, -0.2) is 4.39 Å². The lowest BCUT2D eigenvalue weighted by molar-refractivity contribution is 0.0693. The summed E-state index contributed by atoms with van der Waals surface area (Å²) in [5, 5.41) is 13.0. The molecule has 0 bridgehead atoms. The molecule has 0 radical (unpaired) electrons. The Labute approximate surface area is 164 Å². The highest BCUT2D eigenvalue weighted by molar-refractivity contribution is 5.97. The summed E-state index contributed by atoms with van der Waals surface area (Å²) in [5.41, 5.74) is 1.31. The number of hydrogen-bond acceptors (Lipinski definition) is 3. The second kappa shape index (κ2) is 8.42. The predicted molar refractivity (Wildman–Crippen MR) is 105 cm³/mol. The molecule has 1 heterocycles. The first-order valence-corrected chi connectivity index (χ1v) is 9.54. The Morgan fingerprint density at radius 2 is 1.79 bits per heavy atom. The molecule has 0 aliphatic carbocycles. The van der Waals surface area contributed by atoms with Gasteiger partial charge in [-0.1, -0.05) is 32.0 Å². The van der Waals surface area contributed by atoms with Crippen LogP contribution in [0.15, 0.2) is 42.5 Å². The van der Waals surface area contributed by atoms with Gasteiger partial charge >= 0.3 is 0 Å². The summed E-state index contributed by atoms with van der Waals surface area (Å²) in [6.45, 7) is 4.93. The molecule has 6 heteroatoms. The molecule has 1 fully saturated rings. The fourth-order valence-electron chi connectivity index (χ4n) is 3.39. The van der Waals surface area contributed by atoms with E-state index in [1.54, 1.807) is 29.2 Å². The molecule has 0 atom stereocenters. The first kappa shape index (κ1) is 19.9. The highest BCUT2D eigenvalue weighted by Gasteiger charge is 2.26. The standard InChI is InChI=1S/C22H25FN2O3/c1-14(2)15-7-8-20(26)18(13-15)21(27)24-16-9-11-25(12-10-16)22(28)17-5-3-4-6-19(17)23/h3-8,13-14,16,26H,9-12H2,1-2H3,(H,24,27). The molecule has 0 spiro atoms. The zero-order valence-electron chi connectivity index (χ0n) is 16.1. The number of phenols is 1. The zero-order chi connectivity index (χ0) is 20.3. The Balaban J connectivity index is 1.60. The van der Waals surface area contributed by atoms with Gasteiger partial charge in [-0.3, -0.25) is 9.59 Å². The van der Waals surface area contributed by atoms with Crippen molar-refractivity contribution in [3.05, 3.63) is 65.0 Å². The Morgan fingerprint density at radius 1 is 1.11 bits per heavy atom. The van der Waals surface area contributed by atoms with Crippen LogP contribution in [0.25, 0.3) is 0 Å². The SMILES string of the molecule is CC(C)c1ccc(O)c(C(=O)NC2CCN(C(=O)c3ccccc3F)CC2)c1. The van der Waals surface area contributed by atoms with Crippen LogP contribution in [-0.2, 0) is 0 Å². The van der Waals surface area contributed by atoms with E-state index in [0.717, 1.165) is 5.56 Å². The summed E-state index contributed by atoms with van der Waals surface area (Å²) in [6, 6.07) is 10.9. The van der Waals surface area contributed by atoms with Crippen molar-refractivity contribution in [2.75, 3.05) is 13.1 Å². The minimum absolute atomic E-state index is 0.0472. The van der Waals surface area contributed by atoms with Crippen LogP contribution in [0.2, 0.25) is 0 Å². The van der Waals surface area contributed by atoms with Crippen molar-refractivity contribution in [3.8, 4) is 5.75 Å². The number of carbonyl (C=O) groups excluding carboxylic acids is 2. The van der Waals surface area contributed by atoms with Crippen molar-refractivity contribution >= 4 is 11.8 Å². The van der Waals surface area contributed by atoms with Crippen LogP contribution in [-0.4, -0.2) is 41.0 Å². The largest absolute Gasteiger partial charge is 0.507 e. The number of rotatable bonds is 4. The van der Waals surface area contributed by atoms with Crippen molar-refractivity contribution in [1.82, 2.24) is 10.2 Å². The summed E-state index contributed by atoms with van der Waals surface area (Å²) in [7, 11) is 0. The van der Waals surface area contributed by atoms with Gasteiger partial charge in [0.25, 0.3) is 11.8 Å². The van der Waals surface area contributed by atoms with E-state index >= 15 is 0 Å². The summed E-state index contributed by atoms with van der Waals surface area (Å²) in [4.78, 5) is 26.7. The first-order valence-electron chi connectivity index (χ1n) is 9.54. The van der Waals surface area contributed by atoms with Gasteiger partial charge in [0.1, 0.15) is 11.6 Å². The Morgan fingerprint density at radius 3 is 2.43 bits per heavy atom. The minimum atomic E-state index is -0.525. The normalized spacial score (nSPS) is 14.9. The van der Waals surface area contributed by atoms with Crippen molar-refractivity contribution in [3.63, 3.8) is 0 Å². The number of nitrogens with one attached hydrogen (secondary N) is 1. The van der Waals surface area contributed by atoms with Crippen LogP contribution >= 0.6 is 0 Å². The van der Waals surface area contributed by atoms with Gasteiger partial charge in [0.15, 0.2) is 0 Å². The van der Waals surface area contributed by atoms with E-state index in [0.29, 0.717) is 25.9 Å². The summed E-state index contributed by atoms with van der Waals surface area (Å²) < 4.78 is 13.8. The molecule has 148 valence electrons. The number of benzene rings is 2. The molecule has 28 heavy (non-hydrogen) atoms. The number of phenolic OH excluding ortho intramolecular Hbond substituents is 1. The van der Waals surface area contributed by atoms with Crippen molar-refractivity contribution in [1.29, 1.82) is 0 Å². The third-order valence-corrected chi connectivity index (χ3v) is 5.15. The van der Waals surface area contributed by atoms with E-state index in [1.807, 2.05) is 19.9 Å². The summed E-state index contributed by atoms with van der Waals surface area (Å²) >= 11 is 0. The number of hydrogen-bond donors (Lipinski definition) is 2. The number of carbonyl (C=O) groups is 2. The lowest BCUT2D eigenvalue weighted by Crippen LogP contribution is -2.46. The monoisotopic (exact) mass is 384 g/mol. The van der Waals surface area contributed by atoms with Crippen molar-refractivity contribution < 1.29 is 19.1 Å². The Kier molecular flexibility index (Phi) is 5.97. The molecule has 3 rings (SSSR count). The molecule has 1 aliphatic rings. The van der Waals surface area contributed by atoms with Gasteiger partial charge in [-0.05, 0) is 48.6 Å². The Bertz CT molecular complexity index is 874. The number of aromatic hydroxyl groups is 1. The second-order valence-corrected chi connectivity index (χ2v) is 7.45. The average molecular weight is 384 g/mol. The van der Waals surface area contributed by atoms with Crippen LogP contribution in [0.5, 0.6) is 5.75 Å². The van der Waals surface area contributed by atoms with E-state index < -0.39 is 5.82 Å². The van der Waals surface area contributed by atoms with Crippen molar-refractivity contribution in [2.24, 2.45) is 0 Å². The lowest BCUT2D eigenvalue weighted by atomic mass is 9.99. The molecule has 1 aliphatic heterocycles. The van der Waals surface area contributed by atoms with Gasteiger partial charge in [0, 0.05) is 19.1 Å². The first-order chi connectivity index (χ1) is 13.4. The van der Waals surface area contributed by atoms with Crippen LogP contribution in [0.3, 0.4) is 0 Å². The van der Waals surface area contributed by atoms with E-state index in [4.69, 9.17) is 0 Å². The molecule has 2 amide bonds. The number of nitrogens with zero attached hydrogens (tertiary/aromatic N) is 1. The fourth-order valence-corrected chi connectivity index (χ4v) is 3.39. The van der Waals surface area contributed by atoms with Crippen LogP contribution < -0.4 is 5.32 Å². The van der Waals surface area contributed by atoms with Gasteiger partial charge in [0.05, 0.1) is 11.1 Å². The molecule has 2 aromatic carbocycles. The highest BCUT2D eigenvalue weighted by Crippen LogP contribution is 2.24. The number of piperidine rings is 1. The second-order valence-electron chi connectivity index (χ2n) is 7.45. The molecular formula is C22H25FN2O3. The van der Waals surface area contributed by atoms with Crippen LogP contribution in [0.1, 0.15) is 58.9 Å². The maximum absolute atomic E-state index is 13.8. The molecule has 2 N–H and O–H groups in total. The molecular weight excluding hydrogens is 359 g/mol. The number of halogens is 1. The van der Waals surface area contributed by atoms with Gasteiger partial charge in [-0.15, -0.1) is 0 Å². The quantitative estimate of drug-likeness (QED) is 0.845. The molecule has 1 saturated heterocycles. The van der Waals surface area contributed by atoms with E-state index in [9.17, 15) is 19.1 Å². The van der Waals surface area contributed by atoms with Gasteiger partial charge < -0.3 is 15.3 Å². The van der Waals surface area contributed by atoms with Crippen LogP contribution in [0, 0.1) is 5.82 Å². The zero-order valence-corrected chi connectivity index (χ0v) is 16.1. The molecule has 5 nitrogen and oxygen atoms in total. The summed E-state index contributed by atoms with van der Waals surface area (Å²) in [6.07, 6.45) is 1.16.